The minimum absolute atomic E-state index is 0.0247. The van der Waals surface area contributed by atoms with Crippen LogP contribution in [0.4, 0.5) is 0 Å². The molecule has 2 unspecified atom stereocenters. The molecular formula is C14H23N3O. The van der Waals surface area contributed by atoms with Crippen LogP contribution in [-0.2, 0) is 13.6 Å². The molecule has 100 valence electrons. The molecule has 1 N–H and O–H groups in total. The second-order valence-electron chi connectivity index (χ2n) is 6.13. The molecule has 4 nitrogen and oxygen atoms in total. The van der Waals surface area contributed by atoms with E-state index in [1.807, 2.05) is 17.9 Å². The van der Waals surface area contributed by atoms with E-state index >= 15 is 0 Å². The van der Waals surface area contributed by atoms with Crippen LogP contribution in [0.15, 0.2) is 12.3 Å². The van der Waals surface area contributed by atoms with Gasteiger partial charge in [0.05, 0.1) is 11.8 Å². The maximum atomic E-state index is 9.68. The molecule has 1 heterocycles. The summed E-state index contributed by atoms with van der Waals surface area (Å²) in [5.41, 5.74) is 1.27. The zero-order valence-electron chi connectivity index (χ0n) is 11.3. The van der Waals surface area contributed by atoms with Gasteiger partial charge in [0.2, 0.25) is 0 Å². The van der Waals surface area contributed by atoms with Crippen molar-refractivity contribution in [2.45, 2.75) is 44.4 Å². The largest absolute Gasteiger partial charge is 0.393 e. The summed E-state index contributed by atoms with van der Waals surface area (Å²) in [7, 11) is 4.22. The number of fused-ring (bicyclic) bond motifs is 1. The summed E-state index contributed by atoms with van der Waals surface area (Å²) in [4.78, 5) is 2.46. The average Bonchev–Trinajstić information content (AvgIpc) is 2.94. The second kappa shape index (κ2) is 4.67. The molecule has 0 aliphatic heterocycles. The smallest absolute Gasteiger partial charge is 0.0545 e. The fourth-order valence-electron chi connectivity index (χ4n) is 3.85. The van der Waals surface area contributed by atoms with Gasteiger partial charge in [0.15, 0.2) is 0 Å². The lowest BCUT2D eigenvalue weighted by molar-refractivity contribution is 0.157. The Hall–Kier alpha value is -0.870. The van der Waals surface area contributed by atoms with Crippen LogP contribution in [0, 0.1) is 11.8 Å². The molecule has 4 heteroatoms. The summed E-state index contributed by atoms with van der Waals surface area (Å²) in [6.07, 6.45) is 6.42. The Labute approximate surface area is 109 Å². The van der Waals surface area contributed by atoms with E-state index in [9.17, 15) is 5.11 Å². The van der Waals surface area contributed by atoms with Gasteiger partial charge in [-0.2, -0.15) is 5.10 Å². The van der Waals surface area contributed by atoms with Crippen molar-refractivity contribution in [3.05, 3.63) is 18.0 Å². The fraction of sp³-hybridized carbons (Fsp3) is 0.786. The molecule has 0 aromatic carbocycles. The number of hydrogen-bond acceptors (Lipinski definition) is 3. The number of hydrogen-bond donors (Lipinski definition) is 1. The van der Waals surface area contributed by atoms with Crippen molar-refractivity contribution in [2.75, 3.05) is 7.05 Å². The van der Waals surface area contributed by atoms with E-state index < -0.39 is 0 Å². The van der Waals surface area contributed by atoms with Crippen molar-refractivity contribution < 1.29 is 5.11 Å². The van der Waals surface area contributed by atoms with Gasteiger partial charge in [-0.1, -0.05) is 0 Å². The number of aromatic nitrogens is 2. The van der Waals surface area contributed by atoms with Crippen LogP contribution in [0.25, 0.3) is 0 Å². The lowest BCUT2D eigenvalue weighted by Gasteiger charge is -2.25. The van der Waals surface area contributed by atoms with Crippen molar-refractivity contribution in [3.8, 4) is 0 Å². The van der Waals surface area contributed by atoms with Gasteiger partial charge >= 0.3 is 0 Å². The Bertz CT molecular complexity index is 403. The lowest BCUT2D eigenvalue weighted by Crippen LogP contribution is -2.30. The minimum Gasteiger partial charge on any atom is -0.393 e. The Morgan fingerprint density at radius 1 is 1.33 bits per heavy atom. The SMILES string of the molecule is CN(Cc1ccnn1C)C1C[C@H]2CC(O)C[C@H]2C1. The van der Waals surface area contributed by atoms with Crippen molar-refractivity contribution in [3.63, 3.8) is 0 Å². The number of aliphatic hydroxyl groups excluding tert-OH is 1. The first-order valence-corrected chi connectivity index (χ1v) is 6.98. The van der Waals surface area contributed by atoms with E-state index in [1.54, 1.807) is 0 Å². The van der Waals surface area contributed by atoms with Crippen LogP contribution in [0.2, 0.25) is 0 Å². The van der Waals surface area contributed by atoms with Crippen LogP contribution in [0.5, 0.6) is 0 Å². The molecular weight excluding hydrogens is 226 g/mol. The highest BCUT2D eigenvalue weighted by atomic mass is 16.3. The first kappa shape index (κ1) is 12.2. The van der Waals surface area contributed by atoms with Crippen LogP contribution >= 0.6 is 0 Å². The second-order valence-corrected chi connectivity index (χ2v) is 6.13. The first-order chi connectivity index (χ1) is 8.63. The molecule has 2 aliphatic rings. The quantitative estimate of drug-likeness (QED) is 0.880. The third-order valence-corrected chi connectivity index (χ3v) is 4.92. The molecule has 0 amide bonds. The van der Waals surface area contributed by atoms with Gasteiger partial charge < -0.3 is 5.11 Å². The van der Waals surface area contributed by atoms with Gasteiger partial charge in [0.25, 0.3) is 0 Å². The molecule has 0 bridgehead atoms. The minimum atomic E-state index is -0.0247. The maximum absolute atomic E-state index is 9.68. The number of aryl methyl sites for hydroxylation is 1. The molecule has 0 radical (unpaired) electrons. The number of rotatable bonds is 3. The highest BCUT2D eigenvalue weighted by Gasteiger charge is 2.42. The zero-order valence-corrected chi connectivity index (χ0v) is 11.3. The van der Waals surface area contributed by atoms with Gasteiger partial charge in [-0.05, 0) is 50.6 Å². The van der Waals surface area contributed by atoms with Gasteiger partial charge in [-0.15, -0.1) is 0 Å². The van der Waals surface area contributed by atoms with Gasteiger partial charge in [-0.3, -0.25) is 9.58 Å². The molecule has 0 spiro atoms. The van der Waals surface area contributed by atoms with E-state index in [0.717, 1.165) is 31.2 Å². The monoisotopic (exact) mass is 249 g/mol. The number of aliphatic hydroxyl groups is 1. The Morgan fingerprint density at radius 2 is 2.00 bits per heavy atom. The highest BCUT2D eigenvalue weighted by molar-refractivity contribution is 5.01. The van der Waals surface area contributed by atoms with Crippen molar-refractivity contribution in [2.24, 2.45) is 18.9 Å². The lowest BCUT2D eigenvalue weighted by atomic mass is 10.0. The molecule has 3 rings (SSSR count). The summed E-state index contributed by atoms with van der Waals surface area (Å²) in [5, 5.41) is 13.9. The maximum Gasteiger partial charge on any atom is 0.0545 e. The predicted molar refractivity (Wildman–Crippen MR) is 69.9 cm³/mol. The third-order valence-electron chi connectivity index (χ3n) is 4.92. The van der Waals surface area contributed by atoms with Gasteiger partial charge in [0, 0.05) is 25.8 Å². The zero-order chi connectivity index (χ0) is 12.7. The van der Waals surface area contributed by atoms with E-state index in [1.165, 1.54) is 18.5 Å². The van der Waals surface area contributed by atoms with E-state index in [0.29, 0.717) is 6.04 Å². The average molecular weight is 249 g/mol. The summed E-state index contributed by atoms with van der Waals surface area (Å²) in [6.45, 7) is 0.975. The molecule has 1 aromatic rings. The third kappa shape index (κ3) is 2.19. The molecule has 2 fully saturated rings. The predicted octanol–water partition coefficient (Wildman–Crippen LogP) is 1.40. The van der Waals surface area contributed by atoms with Crippen LogP contribution in [0.3, 0.4) is 0 Å². The van der Waals surface area contributed by atoms with E-state index in [2.05, 4.69) is 23.1 Å². The molecule has 0 saturated heterocycles. The standard InChI is InChI=1S/C14H23N3O/c1-16(9-12-3-4-15-17(12)2)13-5-10-7-14(18)8-11(10)6-13/h3-4,10-11,13-14,18H,5-9H2,1-2H3/t10-,11+,13?,14?. The van der Waals surface area contributed by atoms with Crippen LogP contribution < -0.4 is 0 Å². The number of nitrogens with zero attached hydrogens (tertiary/aromatic N) is 3. The Kier molecular flexibility index (Phi) is 3.16. The topological polar surface area (TPSA) is 41.3 Å². The van der Waals surface area contributed by atoms with Crippen LogP contribution in [-0.4, -0.2) is 39.0 Å². The molecule has 2 saturated carbocycles. The Balaban J connectivity index is 1.59. The molecule has 18 heavy (non-hydrogen) atoms. The van der Waals surface area contributed by atoms with Crippen molar-refractivity contribution in [1.29, 1.82) is 0 Å². The molecule has 1 aromatic heterocycles. The molecule has 4 atom stereocenters. The summed E-state index contributed by atoms with van der Waals surface area (Å²) in [5.74, 6) is 1.53. The van der Waals surface area contributed by atoms with Crippen LogP contribution in [0.1, 0.15) is 31.4 Å². The Morgan fingerprint density at radius 3 is 2.56 bits per heavy atom. The summed E-state index contributed by atoms with van der Waals surface area (Å²) >= 11 is 0. The fourth-order valence-corrected chi connectivity index (χ4v) is 3.85. The van der Waals surface area contributed by atoms with Crippen molar-refractivity contribution in [1.82, 2.24) is 14.7 Å². The van der Waals surface area contributed by atoms with Gasteiger partial charge in [0.1, 0.15) is 0 Å². The normalized spacial score (nSPS) is 35.3. The summed E-state index contributed by atoms with van der Waals surface area (Å²) < 4.78 is 1.95. The van der Waals surface area contributed by atoms with Crippen molar-refractivity contribution >= 4 is 0 Å². The van der Waals surface area contributed by atoms with Gasteiger partial charge in [-0.25, -0.2) is 0 Å². The van der Waals surface area contributed by atoms with E-state index in [-0.39, 0.29) is 6.10 Å². The van der Waals surface area contributed by atoms with E-state index in [4.69, 9.17) is 0 Å². The molecule has 2 aliphatic carbocycles. The summed E-state index contributed by atoms with van der Waals surface area (Å²) in [6, 6.07) is 2.78. The first-order valence-electron chi connectivity index (χ1n) is 6.98. The highest BCUT2D eigenvalue weighted by Crippen LogP contribution is 2.45.